The lowest BCUT2D eigenvalue weighted by Gasteiger charge is -2.12. The van der Waals surface area contributed by atoms with E-state index in [-0.39, 0.29) is 5.91 Å². The second kappa shape index (κ2) is 8.44. The van der Waals surface area contributed by atoms with Crippen molar-refractivity contribution >= 4 is 77.6 Å². The summed E-state index contributed by atoms with van der Waals surface area (Å²) in [6.45, 7) is 0. The summed E-state index contributed by atoms with van der Waals surface area (Å²) in [4.78, 5) is 17.9. The molecule has 0 spiro atoms. The zero-order valence-electron chi connectivity index (χ0n) is 14.7. The predicted octanol–water partition coefficient (Wildman–Crippen LogP) is 7.99. The maximum atomic E-state index is 13.2. The molecule has 0 unspecified atom stereocenters. The number of nitrogens with zero attached hydrogens (tertiary/aromatic N) is 1. The van der Waals surface area contributed by atoms with Crippen LogP contribution in [0.25, 0.3) is 22.2 Å². The number of hydrogen-bond acceptors (Lipinski definition) is 2. The standard InChI is InChI=1S/C22H12Br2Cl2N2O/c23-12-5-8-20(17(24)9-12)28-22(29)16-11-21(15-7-6-13(25)10-18(15)26)27-19-4-2-1-3-14(16)19/h1-11H,(H,28,29). The number of carbonyl (C=O) groups is 1. The van der Waals surface area contributed by atoms with Gasteiger partial charge >= 0.3 is 0 Å². The molecule has 4 aromatic rings. The van der Waals surface area contributed by atoms with Gasteiger partial charge in [-0.1, -0.05) is 57.3 Å². The van der Waals surface area contributed by atoms with Gasteiger partial charge in [-0.25, -0.2) is 4.98 Å². The number of anilines is 1. The summed E-state index contributed by atoms with van der Waals surface area (Å²) in [5.41, 5.74) is 3.19. The fraction of sp³-hybridized carbons (Fsp3) is 0. The molecule has 0 saturated heterocycles. The van der Waals surface area contributed by atoms with Gasteiger partial charge in [0, 0.05) is 24.9 Å². The van der Waals surface area contributed by atoms with E-state index in [4.69, 9.17) is 28.2 Å². The molecule has 0 bridgehead atoms. The SMILES string of the molecule is O=C(Nc1ccc(Br)cc1Br)c1cc(-c2ccc(Cl)cc2Cl)nc2ccccc12. The highest BCUT2D eigenvalue weighted by molar-refractivity contribution is 9.11. The van der Waals surface area contributed by atoms with Gasteiger partial charge in [0.1, 0.15) is 0 Å². The van der Waals surface area contributed by atoms with Crippen molar-refractivity contribution in [2.24, 2.45) is 0 Å². The van der Waals surface area contributed by atoms with E-state index in [1.807, 2.05) is 42.5 Å². The minimum atomic E-state index is -0.238. The Kier molecular flexibility index (Phi) is 5.93. The lowest BCUT2D eigenvalue weighted by Crippen LogP contribution is -2.13. The quantitative estimate of drug-likeness (QED) is 0.281. The van der Waals surface area contributed by atoms with E-state index in [0.717, 1.165) is 14.3 Å². The summed E-state index contributed by atoms with van der Waals surface area (Å²) in [5, 5.41) is 4.73. The normalized spacial score (nSPS) is 10.9. The summed E-state index contributed by atoms with van der Waals surface area (Å²) in [6.07, 6.45) is 0. The van der Waals surface area contributed by atoms with Crippen LogP contribution in [0.5, 0.6) is 0 Å². The van der Waals surface area contributed by atoms with Crippen molar-refractivity contribution in [3.8, 4) is 11.3 Å². The lowest BCUT2D eigenvalue weighted by molar-refractivity contribution is 0.102. The number of fused-ring (bicyclic) bond motifs is 1. The van der Waals surface area contributed by atoms with Crippen molar-refractivity contribution in [2.45, 2.75) is 0 Å². The van der Waals surface area contributed by atoms with Crippen LogP contribution in [0.2, 0.25) is 10.0 Å². The van der Waals surface area contributed by atoms with Gasteiger partial charge in [-0.05, 0) is 64.5 Å². The number of carbonyl (C=O) groups excluding carboxylic acids is 1. The van der Waals surface area contributed by atoms with Crippen molar-refractivity contribution in [1.29, 1.82) is 0 Å². The Labute approximate surface area is 194 Å². The molecule has 1 amide bonds. The molecule has 1 heterocycles. The summed E-state index contributed by atoms with van der Waals surface area (Å²) in [5.74, 6) is -0.238. The largest absolute Gasteiger partial charge is 0.321 e. The molecule has 4 rings (SSSR count). The molecule has 144 valence electrons. The number of para-hydroxylation sites is 1. The zero-order valence-corrected chi connectivity index (χ0v) is 19.4. The van der Waals surface area contributed by atoms with Crippen molar-refractivity contribution in [3.05, 3.63) is 91.3 Å². The molecule has 1 N–H and O–H groups in total. The summed E-state index contributed by atoms with van der Waals surface area (Å²) >= 11 is 19.3. The van der Waals surface area contributed by atoms with E-state index < -0.39 is 0 Å². The Balaban J connectivity index is 1.83. The lowest BCUT2D eigenvalue weighted by atomic mass is 10.0. The van der Waals surface area contributed by atoms with Gasteiger partial charge in [0.2, 0.25) is 0 Å². The van der Waals surface area contributed by atoms with Gasteiger partial charge in [0.05, 0.1) is 27.5 Å². The minimum absolute atomic E-state index is 0.238. The molecular weight excluding hydrogens is 539 g/mol. The molecule has 0 aliphatic rings. The van der Waals surface area contributed by atoms with Gasteiger partial charge in [-0.3, -0.25) is 4.79 Å². The van der Waals surface area contributed by atoms with Crippen LogP contribution in [-0.2, 0) is 0 Å². The highest BCUT2D eigenvalue weighted by Crippen LogP contribution is 2.33. The maximum absolute atomic E-state index is 13.2. The van der Waals surface area contributed by atoms with Gasteiger partial charge in [0.25, 0.3) is 5.91 Å². The molecule has 0 aliphatic heterocycles. The van der Waals surface area contributed by atoms with E-state index in [0.29, 0.717) is 38.1 Å². The number of benzene rings is 3. The summed E-state index contributed by atoms with van der Waals surface area (Å²) in [6, 6.07) is 20.0. The first kappa shape index (κ1) is 20.4. The second-order valence-corrected chi connectivity index (χ2v) is 8.89. The third kappa shape index (κ3) is 4.33. The third-order valence-corrected chi connectivity index (χ3v) is 6.04. The van der Waals surface area contributed by atoms with Crippen LogP contribution in [0.3, 0.4) is 0 Å². The predicted molar refractivity (Wildman–Crippen MR) is 127 cm³/mol. The highest BCUT2D eigenvalue weighted by Gasteiger charge is 2.16. The Morgan fingerprint density at radius 2 is 1.72 bits per heavy atom. The molecule has 0 aliphatic carbocycles. The molecule has 0 saturated carbocycles. The topological polar surface area (TPSA) is 42.0 Å². The van der Waals surface area contributed by atoms with Crippen molar-refractivity contribution in [1.82, 2.24) is 4.98 Å². The number of hydrogen-bond donors (Lipinski definition) is 1. The molecule has 0 radical (unpaired) electrons. The second-order valence-electron chi connectivity index (χ2n) is 6.27. The Bertz CT molecular complexity index is 1260. The average molecular weight is 551 g/mol. The van der Waals surface area contributed by atoms with E-state index in [9.17, 15) is 4.79 Å². The fourth-order valence-corrected chi connectivity index (χ4v) is 4.63. The zero-order chi connectivity index (χ0) is 20.5. The van der Waals surface area contributed by atoms with Crippen molar-refractivity contribution in [3.63, 3.8) is 0 Å². The van der Waals surface area contributed by atoms with Crippen LogP contribution < -0.4 is 5.32 Å². The molecule has 0 fully saturated rings. The summed E-state index contributed by atoms with van der Waals surface area (Å²) in [7, 11) is 0. The van der Waals surface area contributed by atoms with Crippen LogP contribution in [0.15, 0.2) is 75.7 Å². The van der Waals surface area contributed by atoms with Gasteiger partial charge in [-0.15, -0.1) is 0 Å². The van der Waals surface area contributed by atoms with Gasteiger partial charge < -0.3 is 5.32 Å². The van der Waals surface area contributed by atoms with Crippen molar-refractivity contribution < 1.29 is 4.79 Å². The van der Waals surface area contributed by atoms with Crippen LogP contribution >= 0.6 is 55.1 Å². The number of aromatic nitrogens is 1. The first-order chi connectivity index (χ1) is 13.9. The van der Waals surface area contributed by atoms with Crippen molar-refractivity contribution in [2.75, 3.05) is 5.32 Å². The highest BCUT2D eigenvalue weighted by atomic mass is 79.9. The monoisotopic (exact) mass is 548 g/mol. The van der Waals surface area contributed by atoms with E-state index in [2.05, 4.69) is 37.2 Å². The van der Waals surface area contributed by atoms with Crippen LogP contribution in [-0.4, -0.2) is 10.9 Å². The Morgan fingerprint density at radius 3 is 2.48 bits per heavy atom. The smallest absolute Gasteiger partial charge is 0.256 e. The Morgan fingerprint density at radius 1 is 0.931 bits per heavy atom. The molecule has 7 heteroatoms. The third-order valence-electron chi connectivity index (χ3n) is 4.35. The molecule has 3 nitrogen and oxygen atoms in total. The molecular formula is C22H12Br2Cl2N2O. The first-order valence-corrected chi connectivity index (χ1v) is 10.9. The maximum Gasteiger partial charge on any atom is 0.256 e. The number of halogens is 4. The van der Waals surface area contributed by atoms with E-state index in [1.165, 1.54) is 0 Å². The fourth-order valence-electron chi connectivity index (χ4n) is 2.98. The number of nitrogens with one attached hydrogen (secondary N) is 1. The number of pyridine rings is 1. The molecule has 3 aromatic carbocycles. The van der Waals surface area contributed by atoms with Crippen LogP contribution in [0, 0.1) is 0 Å². The van der Waals surface area contributed by atoms with Crippen LogP contribution in [0.4, 0.5) is 5.69 Å². The minimum Gasteiger partial charge on any atom is -0.321 e. The summed E-state index contributed by atoms with van der Waals surface area (Å²) < 4.78 is 1.69. The van der Waals surface area contributed by atoms with E-state index in [1.54, 1.807) is 24.3 Å². The van der Waals surface area contributed by atoms with Gasteiger partial charge in [0.15, 0.2) is 0 Å². The van der Waals surface area contributed by atoms with E-state index >= 15 is 0 Å². The van der Waals surface area contributed by atoms with Gasteiger partial charge in [-0.2, -0.15) is 0 Å². The molecule has 29 heavy (non-hydrogen) atoms. The molecule has 1 aromatic heterocycles. The average Bonchev–Trinajstić information content (AvgIpc) is 2.69. The first-order valence-electron chi connectivity index (χ1n) is 8.54. The Hall–Kier alpha value is -1.92. The molecule has 0 atom stereocenters. The number of amides is 1. The number of rotatable bonds is 3. The van der Waals surface area contributed by atoms with Crippen LogP contribution in [0.1, 0.15) is 10.4 Å².